The normalized spacial score (nSPS) is 10.2. The van der Waals surface area contributed by atoms with Gasteiger partial charge in [0.1, 0.15) is 5.75 Å². The predicted octanol–water partition coefficient (Wildman–Crippen LogP) is 1.86. The first kappa shape index (κ1) is 13.1. The number of rotatable bonds is 5. The minimum atomic E-state index is -0.305. The standard InChI is InChI=1S/C13H16N4O2/c1-3-8-19-12-7-5-4-6-10(12)14-13(18)11-9-17(2)16-15-11/h4-7,9H,3,8H2,1-2H3,(H,14,18). The van der Waals surface area contributed by atoms with Crippen LogP contribution in [-0.4, -0.2) is 27.5 Å². The molecular formula is C13H16N4O2. The Morgan fingerprint density at radius 1 is 1.42 bits per heavy atom. The third-order valence-corrected chi connectivity index (χ3v) is 2.43. The summed E-state index contributed by atoms with van der Waals surface area (Å²) in [7, 11) is 1.71. The Labute approximate surface area is 111 Å². The van der Waals surface area contributed by atoms with E-state index < -0.39 is 0 Å². The number of aromatic nitrogens is 3. The van der Waals surface area contributed by atoms with Gasteiger partial charge in [0.05, 0.1) is 18.5 Å². The zero-order valence-corrected chi connectivity index (χ0v) is 11.0. The molecule has 1 N–H and O–H groups in total. The smallest absolute Gasteiger partial charge is 0.277 e. The summed E-state index contributed by atoms with van der Waals surface area (Å²) in [5, 5.41) is 10.3. The first-order chi connectivity index (χ1) is 9.20. The van der Waals surface area contributed by atoms with Gasteiger partial charge in [-0.1, -0.05) is 24.3 Å². The molecule has 0 unspecified atom stereocenters. The second-order valence-corrected chi connectivity index (χ2v) is 4.08. The quantitative estimate of drug-likeness (QED) is 0.890. The minimum Gasteiger partial charge on any atom is -0.491 e. The molecule has 2 aromatic rings. The van der Waals surface area contributed by atoms with Crippen molar-refractivity contribution in [2.75, 3.05) is 11.9 Å². The van der Waals surface area contributed by atoms with E-state index in [2.05, 4.69) is 15.6 Å². The number of hydrogen-bond donors (Lipinski definition) is 1. The summed E-state index contributed by atoms with van der Waals surface area (Å²) in [4.78, 5) is 12.0. The van der Waals surface area contributed by atoms with E-state index in [0.29, 0.717) is 18.0 Å². The maximum atomic E-state index is 12.0. The van der Waals surface area contributed by atoms with Crippen molar-refractivity contribution in [3.8, 4) is 5.75 Å². The Bertz CT molecular complexity index is 565. The van der Waals surface area contributed by atoms with Gasteiger partial charge in [0.2, 0.25) is 0 Å². The number of hydrogen-bond acceptors (Lipinski definition) is 4. The summed E-state index contributed by atoms with van der Waals surface area (Å²) in [6.07, 6.45) is 2.47. The zero-order chi connectivity index (χ0) is 13.7. The topological polar surface area (TPSA) is 69.0 Å². The van der Waals surface area contributed by atoms with Gasteiger partial charge in [0.15, 0.2) is 5.69 Å². The SMILES string of the molecule is CCCOc1ccccc1NC(=O)c1cn(C)nn1. The molecule has 6 heteroatoms. The number of nitrogens with zero attached hydrogens (tertiary/aromatic N) is 3. The highest BCUT2D eigenvalue weighted by atomic mass is 16.5. The van der Waals surface area contributed by atoms with Crippen LogP contribution in [0.3, 0.4) is 0 Å². The molecule has 6 nitrogen and oxygen atoms in total. The van der Waals surface area contributed by atoms with E-state index in [0.717, 1.165) is 6.42 Å². The van der Waals surface area contributed by atoms with Crippen molar-refractivity contribution in [1.29, 1.82) is 0 Å². The lowest BCUT2D eigenvalue weighted by Crippen LogP contribution is -2.13. The van der Waals surface area contributed by atoms with Crippen LogP contribution in [-0.2, 0) is 7.05 Å². The molecule has 0 aliphatic rings. The van der Waals surface area contributed by atoms with Crippen molar-refractivity contribution in [2.45, 2.75) is 13.3 Å². The molecule has 2 rings (SSSR count). The van der Waals surface area contributed by atoms with E-state index in [4.69, 9.17) is 4.74 Å². The maximum Gasteiger partial charge on any atom is 0.277 e. The molecule has 0 bridgehead atoms. The van der Waals surface area contributed by atoms with Crippen LogP contribution in [0.25, 0.3) is 0 Å². The summed E-state index contributed by atoms with van der Waals surface area (Å²) in [5.74, 6) is 0.349. The molecule has 0 atom stereocenters. The zero-order valence-electron chi connectivity index (χ0n) is 11.0. The molecule has 100 valence electrons. The number of carbonyl (C=O) groups is 1. The fourth-order valence-corrected chi connectivity index (χ4v) is 1.55. The third-order valence-electron chi connectivity index (χ3n) is 2.43. The highest BCUT2D eigenvalue weighted by molar-refractivity contribution is 6.03. The summed E-state index contributed by atoms with van der Waals surface area (Å²) >= 11 is 0. The van der Waals surface area contributed by atoms with E-state index in [1.54, 1.807) is 19.3 Å². The molecule has 19 heavy (non-hydrogen) atoms. The third kappa shape index (κ3) is 3.31. The van der Waals surface area contributed by atoms with Crippen molar-refractivity contribution < 1.29 is 9.53 Å². The van der Waals surface area contributed by atoms with Gasteiger partial charge in [-0.3, -0.25) is 9.48 Å². The number of para-hydroxylation sites is 2. The fourth-order valence-electron chi connectivity index (χ4n) is 1.55. The molecule has 0 spiro atoms. The van der Waals surface area contributed by atoms with Crippen LogP contribution in [0.1, 0.15) is 23.8 Å². The van der Waals surface area contributed by atoms with Crippen LogP contribution in [0.4, 0.5) is 5.69 Å². The molecule has 0 aliphatic carbocycles. The lowest BCUT2D eigenvalue weighted by molar-refractivity contribution is 0.102. The van der Waals surface area contributed by atoms with Crippen molar-refractivity contribution in [3.63, 3.8) is 0 Å². The first-order valence-corrected chi connectivity index (χ1v) is 6.10. The number of benzene rings is 1. The van der Waals surface area contributed by atoms with E-state index in [9.17, 15) is 4.79 Å². The van der Waals surface area contributed by atoms with E-state index >= 15 is 0 Å². The van der Waals surface area contributed by atoms with Gasteiger partial charge < -0.3 is 10.1 Å². The second kappa shape index (κ2) is 5.99. The Morgan fingerprint density at radius 3 is 2.89 bits per heavy atom. The van der Waals surface area contributed by atoms with Gasteiger partial charge in [0.25, 0.3) is 5.91 Å². The number of anilines is 1. The summed E-state index contributed by atoms with van der Waals surface area (Å²) in [5.41, 5.74) is 0.902. The highest BCUT2D eigenvalue weighted by Crippen LogP contribution is 2.24. The maximum absolute atomic E-state index is 12.0. The summed E-state index contributed by atoms with van der Waals surface area (Å²) < 4.78 is 7.05. The van der Waals surface area contributed by atoms with Gasteiger partial charge >= 0.3 is 0 Å². The van der Waals surface area contributed by atoms with Crippen LogP contribution < -0.4 is 10.1 Å². The minimum absolute atomic E-state index is 0.271. The molecule has 1 aromatic carbocycles. The summed E-state index contributed by atoms with van der Waals surface area (Å²) in [6.45, 7) is 2.64. The van der Waals surface area contributed by atoms with Gasteiger partial charge in [-0.15, -0.1) is 5.10 Å². The van der Waals surface area contributed by atoms with E-state index in [1.807, 2.05) is 25.1 Å². The molecule has 1 aromatic heterocycles. The molecule has 0 saturated heterocycles. The molecule has 1 amide bonds. The Kier molecular flexibility index (Phi) is 4.12. The summed E-state index contributed by atoms with van der Waals surface area (Å²) in [6, 6.07) is 7.31. The van der Waals surface area contributed by atoms with Crippen LogP contribution in [0, 0.1) is 0 Å². The van der Waals surface area contributed by atoms with Gasteiger partial charge in [-0.25, -0.2) is 0 Å². The van der Waals surface area contributed by atoms with Gasteiger partial charge in [-0.05, 0) is 18.6 Å². The Balaban J connectivity index is 2.12. The highest BCUT2D eigenvalue weighted by Gasteiger charge is 2.12. The monoisotopic (exact) mass is 260 g/mol. The average molecular weight is 260 g/mol. The Hall–Kier alpha value is -2.37. The Morgan fingerprint density at radius 2 is 2.21 bits per heavy atom. The number of carbonyl (C=O) groups excluding carboxylic acids is 1. The number of nitrogens with one attached hydrogen (secondary N) is 1. The lowest BCUT2D eigenvalue weighted by atomic mass is 10.3. The van der Waals surface area contributed by atoms with Crippen LogP contribution in [0.5, 0.6) is 5.75 Å². The second-order valence-electron chi connectivity index (χ2n) is 4.08. The average Bonchev–Trinajstić information content (AvgIpc) is 2.84. The fraction of sp³-hybridized carbons (Fsp3) is 0.308. The first-order valence-electron chi connectivity index (χ1n) is 6.10. The lowest BCUT2D eigenvalue weighted by Gasteiger charge is -2.10. The van der Waals surface area contributed by atoms with Crippen molar-refractivity contribution >= 4 is 11.6 Å². The largest absolute Gasteiger partial charge is 0.491 e. The molecule has 0 saturated carbocycles. The van der Waals surface area contributed by atoms with Gasteiger partial charge in [0, 0.05) is 7.05 Å². The number of amides is 1. The molecule has 0 aliphatic heterocycles. The van der Waals surface area contributed by atoms with Crippen LogP contribution in [0.15, 0.2) is 30.5 Å². The predicted molar refractivity (Wildman–Crippen MR) is 71.2 cm³/mol. The van der Waals surface area contributed by atoms with Crippen LogP contribution >= 0.6 is 0 Å². The molecule has 0 radical (unpaired) electrons. The number of ether oxygens (including phenoxy) is 1. The van der Waals surface area contributed by atoms with E-state index in [-0.39, 0.29) is 11.6 Å². The van der Waals surface area contributed by atoms with E-state index in [1.165, 1.54) is 4.68 Å². The van der Waals surface area contributed by atoms with Crippen molar-refractivity contribution in [1.82, 2.24) is 15.0 Å². The molecule has 0 fully saturated rings. The van der Waals surface area contributed by atoms with Crippen LogP contribution in [0.2, 0.25) is 0 Å². The van der Waals surface area contributed by atoms with Gasteiger partial charge in [-0.2, -0.15) is 0 Å². The molecule has 1 heterocycles. The van der Waals surface area contributed by atoms with Crippen molar-refractivity contribution in [3.05, 3.63) is 36.2 Å². The molecular weight excluding hydrogens is 244 g/mol. The number of aryl methyl sites for hydroxylation is 1. The van der Waals surface area contributed by atoms with Crippen molar-refractivity contribution in [2.24, 2.45) is 7.05 Å².